The van der Waals surface area contributed by atoms with Crippen molar-refractivity contribution in [1.82, 2.24) is 10.6 Å². The molecule has 0 aliphatic heterocycles. The van der Waals surface area contributed by atoms with E-state index in [9.17, 15) is 0 Å². The van der Waals surface area contributed by atoms with E-state index in [4.69, 9.17) is 0 Å². The van der Waals surface area contributed by atoms with Gasteiger partial charge >= 0.3 is 0 Å². The first-order valence-electron chi connectivity index (χ1n) is 8.17. The molecule has 2 N–H and O–H groups in total. The van der Waals surface area contributed by atoms with Gasteiger partial charge in [-0.15, -0.1) is 0 Å². The molecule has 0 spiro atoms. The van der Waals surface area contributed by atoms with Crippen molar-refractivity contribution in [3.05, 3.63) is 12.3 Å². The number of hydrogen-bond acceptors (Lipinski definition) is 2. The van der Waals surface area contributed by atoms with Gasteiger partial charge < -0.3 is 10.6 Å². The summed E-state index contributed by atoms with van der Waals surface area (Å²) in [5.41, 5.74) is 1.22. The van der Waals surface area contributed by atoms with Crippen LogP contribution in [0.15, 0.2) is 12.3 Å². The first-order chi connectivity index (χ1) is 9.02. The predicted molar refractivity (Wildman–Crippen MR) is 87.4 cm³/mol. The molecule has 0 heterocycles. The van der Waals surface area contributed by atoms with E-state index in [1.165, 1.54) is 44.2 Å². The third-order valence-electron chi connectivity index (χ3n) is 3.29. The summed E-state index contributed by atoms with van der Waals surface area (Å²) in [5, 5.41) is 6.91. The van der Waals surface area contributed by atoms with Crippen molar-refractivity contribution in [2.75, 3.05) is 13.1 Å². The summed E-state index contributed by atoms with van der Waals surface area (Å²) in [6.07, 6.45) is 8.92. The fraction of sp³-hybridized carbons (Fsp3) is 0.882. The molecule has 2 nitrogen and oxygen atoms in total. The van der Waals surface area contributed by atoms with Crippen LogP contribution in [0.5, 0.6) is 0 Å². The Hall–Kier alpha value is -0.500. The van der Waals surface area contributed by atoms with Gasteiger partial charge in [-0.25, -0.2) is 0 Å². The molecule has 19 heavy (non-hydrogen) atoms. The zero-order valence-corrected chi connectivity index (χ0v) is 13.7. The van der Waals surface area contributed by atoms with Crippen LogP contribution in [0.3, 0.4) is 0 Å². The van der Waals surface area contributed by atoms with Crippen LogP contribution in [0.1, 0.15) is 72.6 Å². The van der Waals surface area contributed by atoms with Gasteiger partial charge in [-0.2, -0.15) is 0 Å². The lowest BCUT2D eigenvalue weighted by Gasteiger charge is -2.11. The standard InChI is InChI=1S/C17H36N2/c1-15(2)11-8-10-14-19-17(5)12-7-6-9-13-18-16(3)4/h15-16,18-19H,5-14H2,1-4H3. The number of allylic oxidation sites excluding steroid dienone is 1. The largest absolute Gasteiger partial charge is 0.389 e. The molecule has 114 valence electrons. The first kappa shape index (κ1) is 18.5. The van der Waals surface area contributed by atoms with Gasteiger partial charge in [0.05, 0.1) is 0 Å². The van der Waals surface area contributed by atoms with Gasteiger partial charge in [0.1, 0.15) is 0 Å². The minimum absolute atomic E-state index is 0.613. The second-order valence-electron chi connectivity index (χ2n) is 6.34. The zero-order valence-electron chi connectivity index (χ0n) is 13.7. The third kappa shape index (κ3) is 15.4. The molecule has 0 aromatic rings. The highest BCUT2D eigenvalue weighted by Crippen LogP contribution is 2.07. The average Bonchev–Trinajstić information content (AvgIpc) is 2.32. The Morgan fingerprint density at radius 3 is 2.21 bits per heavy atom. The fourth-order valence-electron chi connectivity index (χ4n) is 2.06. The number of unbranched alkanes of at least 4 members (excludes halogenated alkanes) is 3. The second-order valence-corrected chi connectivity index (χ2v) is 6.34. The Morgan fingerprint density at radius 2 is 1.58 bits per heavy atom. The molecule has 2 heteroatoms. The molecule has 0 amide bonds. The SMILES string of the molecule is C=C(CCCCCNC(C)C)NCCCCC(C)C. The van der Waals surface area contributed by atoms with Gasteiger partial charge in [-0.1, -0.05) is 53.5 Å². The second kappa shape index (κ2) is 12.5. The highest BCUT2D eigenvalue weighted by atomic mass is 14.9. The number of hydrogen-bond donors (Lipinski definition) is 2. The first-order valence-corrected chi connectivity index (χ1v) is 8.17. The fourth-order valence-corrected chi connectivity index (χ4v) is 2.06. The van der Waals surface area contributed by atoms with Crippen molar-refractivity contribution in [2.24, 2.45) is 5.92 Å². The molecule has 0 aliphatic carbocycles. The van der Waals surface area contributed by atoms with E-state index in [0.717, 1.165) is 25.4 Å². The van der Waals surface area contributed by atoms with E-state index < -0.39 is 0 Å². The smallest absolute Gasteiger partial charge is 0.0143 e. The predicted octanol–water partition coefficient (Wildman–Crippen LogP) is 4.47. The highest BCUT2D eigenvalue weighted by Gasteiger charge is 1.97. The summed E-state index contributed by atoms with van der Waals surface area (Å²) in [6.45, 7) is 15.3. The Balaban J connectivity index is 3.21. The molecular weight excluding hydrogens is 232 g/mol. The quantitative estimate of drug-likeness (QED) is 0.481. The average molecular weight is 268 g/mol. The van der Waals surface area contributed by atoms with E-state index >= 15 is 0 Å². The summed E-state index contributed by atoms with van der Waals surface area (Å²) in [4.78, 5) is 0. The minimum atomic E-state index is 0.613. The summed E-state index contributed by atoms with van der Waals surface area (Å²) in [6, 6.07) is 0.613. The van der Waals surface area contributed by atoms with Crippen LogP contribution in [0, 0.1) is 5.92 Å². The maximum absolute atomic E-state index is 4.11. The van der Waals surface area contributed by atoms with Crippen LogP contribution in [-0.2, 0) is 0 Å². The lowest BCUT2D eigenvalue weighted by molar-refractivity contribution is 0.524. The van der Waals surface area contributed by atoms with Gasteiger partial charge in [0, 0.05) is 18.3 Å². The summed E-state index contributed by atoms with van der Waals surface area (Å²) < 4.78 is 0. The van der Waals surface area contributed by atoms with Crippen molar-refractivity contribution in [3.8, 4) is 0 Å². The van der Waals surface area contributed by atoms with E-state index in [-0.39, 0.29) is 0 Å². The van der Waals surface area contributed by atoms with Crippen LogP contribution in [0.2, 0.25) is 0 Å². The number of rotatable bonds is 13. The maximum Gasteiger partial charge on any atom is 0.0143 e. The summed E-state index contributed by atoms with van der Waals surface area (Å²) in [7, 11) is 0. The highest BCUT2D eigenvalue weighted by molar-refractivity contribution is 4.90. The van der Waals surface area contributed by atoms with Gasteiger partial charge in [0.25, 0.3) is 0 Å². The van der Waals surface area contributed by atoms with Gasteiger partial charge in [-0.05, 0) is 38.1 Å². The Labute approximate surface area is 121 Å². The lowest BCUT2D eigenvalue weighted by Crippen LogP contribution is -2.23. The van der Waals surface area contributed by atoms with Crippen molar-refractivity contribution >= 4 is 0 Å². The van der Waals surface area contributed by atoms with Crippen molar-refractivity contribution in [3.63, 3.8) is 0 Å². The molecule has 0 saturated carbocycles. The Kier molecular flexibility index (Phi) is 12.2. The molecule has 0 fully saturated rings. The van der Waals surface area contributed by atoms with E-state index in [2.05, 4.69) is 44.9 Å². The lowest BCUT2D eigenvalue weighted by atomic mass is 10.1. The normalized spacial score (nSPS) is 11.3. The summed E-state index contributed by atoms with van der Waals surface area (Å²) in [5.74, 6) is 0.836. The van der Waals surface area contributed by atoms with Gasteiger partial charge in [0.15, 0.2) is 0 Å². The molecular formula is C17H36N2. The van der Waals surface area contributed by atoms with E-state index in [1.807, 2.05) is 0 Å². The van der Waals surface area contributed by atoms with Crippen LogP contribution in [0.25, 0.3) is 0 Å². The Morgan fingerprint density at radius 1 is 0.895 bits per heavy atom. The molecule has 0 aromatic carbocycles. The summed E-state index contributed by atoms with van der Waals surface area (Å²) >= 11 is 0. The molecule has 0 rings (SSSR count). The van der Waals surface area contributed by atoms with Crippen LogP contribution in [-0.4, -0.2) is 19.1 Å². The molecule has 0 aliphatic rings. The third-order valence-corrected chi connectivity index (χ3v) is 3.29. The molecule has 0 radical (unpaired) electrons. The molecule has 0 bridgehead atoms. The van der Waals surface area contributed by atoms with Crippen LogP contribution >= 0.6 is 0 Å². The molecule has 0 atom stereocenters. The van der Waals surface area contributed by atoms with Crippen LogP contribution < -0.4 is 10.6 Å². The van der Waals surface area contributed by atoms with Crippen molar-refractivity contribution in [1.29, 1.82) is 0 Å². The van der Waals surface area contributed by atoms with Gasteiger partial charge in [0.2, 0.25) is 0 Å². The van der Waals surface area contributed by atoms with Crippen molar-refractivity contribution in [2.45, 2.75) is 78.7 Å². The minimum Gasteiger partial charge on any atom is -0.389 e. The number of nitrogens with one attached hydrogen (secondary N) is 2. The van der Waals surface area contributed by atoms with Crippen LogP contribution in [0.4, 0.5) is 0 Å². The molecule has 0 unspecified atom stereocenters. The zero-order chi connectivity index (χ0) is 14.5. The maximum atomic E-state index is 4.11. The topological polar surface area (TPSA) is 24.1 Å². The monoisotopic (exact) mass is 268 g/mol. The van der Waals surface area contributed by atoms with E-state index in [1.54, 1.807) is 0 Å². The van der Waals surface area contributed by atoms with E-state index in [0.29, 0.717) is 6.04 Å². The van der Waals surface area contributed by atoms with Crippen molar-refractivity contribution < 1.29 is 0 Å². The van der Waals surface area contributed by atoms with Gasteiger partial charge in [-0.3, -0.25) is 0 Å². The molecule has 0 saturated heterocycles. The Bertz CT molecular complexity index is 209. The molecule has 0 aromatic heterocycles.